The number of sulfonamides is 1. The lowest BCUT2D eigenvalue weighted by atomic mass is 9.84. The van der Waals surface area contributed by atoms with Gasteiger partial charge in [-0.2, -0.15) is 0 Å². The molecule has 0 aromatic heterocycles. The van der Waals surface area contributed by atoms with Crippen LogP contribution in [0.1, 0.15) is 60.3 Å². The number of hydrogen-bond acceptors (Lipinski definition) is 6. The number of carbonyl (C=O) groups excluding carboxylic acids is 3. The molecule has 0 spiro atoms. The molecule has 4 aromatic carbocycles. The standard InChI is InChI=1S/C42H48N4O6S/c47-40(43-26-23-32-24-28-45(29-25-32)42(49)52-30-33-14-5-1-6-15-33)37-22-13-27-46(37)41(48)39(44-53(50,51)31-34-16-7-2-8-17-34)38(35-18-9-3-10-19-35)36-20-11-4-12-21-36/h1-12,14-21,32,37-39,44H,13,22-31H2,(H,43,47)/t37-,39+/m0/s1. The summed E-state index contributed by atoms with van der Waals surface area (Å²) in [6.07, 6.45) is 3.20. The van der Waals surface area contributed by atoms with Gasteiger partial charge in [0.2, 0.25) is 21.8 Å². The van der Waals surface area contributed by atoms with Crippen LogP contribution < -0.4 is 10.0 Å². The third-order valence-electron chi connectivity index (χ3n) is 10.2. The number of nitrogens with one attached hydrogen (secondary N) is 2. The molecule has 11 heteroatoms. The van der Waals surface area contributed by atoms with Crippen LogP contribution in [-0.2, 0) is 36.7 Å². The van der Waals surface area contributed by atoms with Crippen molar-refractivity contribution in [1.29, 1.82) is 0 Å². The Balaban J connectivity index is 1.10. The highest BCUT2D eigenvalue weighted by Crippen LogP contribution is 2.32. The van der Waals surface area contributed by atoms with Gasteiger partial charge in [-0.1, -0.05) is 121 Å². The highest BCUT2D eigenvalue weighted by Gasteiger charge is 2.42. The summed E-state index contributed by atoms with van der Waals surface area (Å²) in [6.45, 7) is 2.24. The van der Waals surface area contributed by atoms with E-state index in [2.05, 4.69) is 10.0 Å². The number of nitrogens with zero attached hydrogens (tertiary/aromatic N) is 2. The van der Waals surface area contributed by atoms with Crippen molar-refractivity contribution >= 4 is 27.9 Å². The van der Waals surface area contributed by atoms with Crippen LogP contribution in [0.25, 0.3) is 0 Å². The molecule has 2 atom stereocenters. The van der Waals surface area contributed by atoms with Gasteiger partial charge in [-0.25, -0.2) is 17.9 Å². The van der Waals surface area contributed by atoms with E-state index in [-0.39, 0.29) is 24.4 Å². The Bertz CT molecular complexity index is 1850. The Morgan fingerprint density at radius 3 is 1.85 bits per heavy atom. The van der Waals surface area contributed by atoms with Crippen LogP contribution in [0.15, 0.2) is 121 Å². The Hall–Kier alpha value is -5.00. The largest absolute Gasteiger partial charge is 0.445 e. The van der Waals surface area contributed by atoms with Crippen molar-refractivity contribution in [3.8, 4) is 0 Å². The van der Waals surface area contributed by atoms with Crippen LogP contribution >= 0.6 is 0 Å². The van der Waals surface area contributed by atoms with Gasteiger partial charge in [0, 0.05) is 32.1 Å². The van der Waals surface area contributed by atoms with Gasteiger partial charge < -0.3 is 19.9 Å². The molecule has 4 aromatic rings. The van der Waals surface area contributed by atoms with Gasteiger partial charge in [-0.3, -0.25) is 9.59 Å². The maximum absolute atomic E-state index is 14.7. The van der Waals surface area contributed by atoms with Gasteiger partial charge in [-0.05, 0) is 60.3 Å². The molecular weight excluding hydrogens is 689 g/mol. The van der Waals surface area contributed by atoms with E-state index in [4.69, 9.17) is 4.74 Å². The first-order valence-electron chi connectivity index (χ1n) is 18.4. The van der Waals surface area contributed by atoms with Gasteiger partial charge >= 0.3 is 6.09 Å². The SMILES string of the molecule is O=C(NCCC1CCN(C(=O)OCc2ccccc2)CC1)[C@@H]1CCCN1C(=O)[C@H](NS(=O)(=O)Cc1ccccc1)C(c1ccccc1)c1ccccc1. The fourth-order valence-electron chi connectivity index (χ4n) is 7.40. The smallest absolute Gasteiger partial charge is 0.410 e. The highest BCUT2D eigenvalue weighted by molar-refractivity contribution is 7.88. The predicted molar refractivity (Wildman–Crippen MR) is 204 cm³/mol. The van der Waals surface area contributed by atoms with Crippen LogP contribution in [0, 0.1) is 5.92 Å². The van der Waals surface area contributed by atoms with E-state index in [0.29, 0.717) is 50.5 Å². The maximum atomic E-state index is 14.7. The number of ether oxygens (including phenoxy) is 1. The molecule has 2 aliphatic rings. The minimum Gasteiger partial charge on any atom is -0.445 e. The fraction of sp³-hybridized carbons (Fsp3) is 0.357. The van der Waals surface area contributed by atoms with Crippen molar-refractivity contribution in [2.75, 3.05) is 26.2 Å². The third kappa shape index (κ3) is 10.3. The topological polar surface area (TPSA) is 125 Å². The van der Waals surface area contributed by atoms with Crippen LogP contribution in [0.4, 0.5) is 4.79 Å². The van der Waals surface area contributed by atoms with Crippen LogP contribution in [0.3, 0.4) is 0 Å². The van der Waals surface area contributed by atoms with Gasteiger partial charge in [0.1, 0.15) is 18.7 Å². The van der Waals surface area contributed by atoms with Crippen LogP contribution in [0.2, 0.25) is 0 Å². The van der Waals surface area contributed by atoms with E-state index in [1.54, 1.807) is 34.1 Å². The molecule has 2 saturated heterocycles. The monoisotopic (exact) mass is 736 g/mol. The molecule has 0 bridgehead atoms. The van der Waals surface area contributed by atoms with E-state index < -0.39 is 33.9 Å². The number of piperidine rings is 1. The molecular formula is C42H48N4O6S. The van der Waals surface area contributed by atoms with Crippen molar-refractivity contribution in [1.82, 2.24) is 19.8 Å². The van der Waals surface area contributed by atoms with Crippen molar-refractivity contribution in [2.24, 2.45) is 5.92 Å². The molecule has 2 fully saturated rings. The first-order valence-corrected chi connectivity index (χ1v) is 20.1. The molecule has 0 unspecified atom stereocenters. The number of likely N-dealkylation sites (tertiary alicyclic amines) is 2. The molecule has 6 rings (SSSR count). The second-order valence-corrected chi connectivity index (χ2v) is 15.6. The molecule has 0 radical (unpaired) electrons. The summed E-state index contributed by atoms with van der Waals surface area (Å²) >= 11 is 0. The molecule has 3 amide bonds. The van der Waals surface area contributed by atoms with E-state index in [1.165, 1.54) is 0 Å². The normalized spacial score (nSPS) is 17.0. The number of hydrogen-bond donors (Lipinski definition) is 2. The summed E-state index contributed by atoms with van der Waals surface area (Å²) in [6, 6.07) is 35.4. The van der Waals surface area contributed by atoms with E-state index in [0.717, 1.165) is 36.0 Å². The zero-order chi connectivity index (χ0) is 37.0. The van der Waals surface area contributed by atoms with Gasteiger partial charge in [0.25, 0.3) is 0 Å². The van der Waals surface area contributed by atoms with Crippen LogP contribution in [-0.4, -0.2) is 74.4 Å². The lowest BCUT2D eigenvalue weighted by Crippen LogP contribution is -2.55. The molecule has 10 nitrogen and oxygen atoms in total. The summed E-state index contributed by atoms with van der Waals surface area (Å²) in [5.41, 5.74) is 3.13. The Morgan fingerprint density at radius 2 is 1.26 bits per heavy atom. The second kappa shape index (κ2) is 18.2. The summed E-state index contributed by atoms with van der Waals surface area (Å²) in [5.74, 6) is -1.24. The lowest BCUT2D eigenvalue weighted by Gasteiger charge is -2.34. The van der Waals surface area contributed by atoms with E-state index >= 15 is 0 Å². The molecule has 2 N–H and O–H groups in total. The van der Waals surface area contributed by atoms with E-state index in [9.17, 15) is 22.8 Å². The lowest BCUT2D eigenvalue weighted by molar-refractivity contribution is -0.140. The predicted octanol–water partition coefficient (Wildman–Crippen LogP) is 5.85. The van der Waals surface area contributed by atoms with Gasteiger partial charge in [0.15, 0.2) is 0 Å². The number of carbonyl (C=O) groups is 3. The summed E-state index contributed by atoms with van der Waals surface area (Å²) in [5, 5.41) is 3.06. The minimum atomic E-state index is -3.99. The average Bonchev–Trinajstić information content (AvgIpc) is 3.69. The molecule has 0 saturated carbocycles. The van der Waals surface area contributed by atoms with Gasteiger partial charge in [0.05, 0.1) is 5.75 Å². The van der Waals surface area contributed by atoms with Crippen molar-refractivity contribution < 1.29 is 27.5 Å². The molecule has 2 aliphatic heterocycles. The first kappa shape index (κ1) is 37.7. The van der Waals surface area contributed by atoms with Gasteiger partial charge in [-0.15, -0.1) is 0 Å². The Kier molecular flexibility index (Phi) is 12.9. The maximum Gasteiger partial charge on any atom is 0.410 e. The summed E-state index contributed by atoms with van der Waals surface area (Å²) < 4.78 is 35.8. The fourth-order valence-corrected chi connectivity index (χ4v) is 8.74. The average molecular weight is 737 g/mol. The second-order valence-electron chi connectivity index (χ2n) is 13.9. The number of amides is 3. The van der Waals surface area contributed by atoms with Crippen molar-refractivity contribution in [2.45, 2.75) is 62.5 Å². The number of rotatable bonds is 14. The highest BCUT2D eigenvalue weighted by atomic mass is 32.2. The zero-order valence-corrected chi connectivity index (χ0v) is 30.7. The molecule has 278 valence electrons. The van der Waals surface area contributed by atoms with E-state index in [1.807, 2.05) is 97.1 Å². The molecule has 0 aliphatic carbocycles. The third-order valence-corrected chi connectivity index (χ3v) is 11.5. The molecule has 53 heavy (non-hydrogen) atoms. The Morgan fingerprint density at radius 1 is 0.717 bits per heavy atom. The first-order chi connectivity index (χ1) is 25.8. The minimum absolute atomic E-state index is 0.236. The van der Waals surface area contributed by atoms with Crippen molar-refractivity contribution in [3.05, 3.63) is 144 Å². The van der Waals surface area contributed by atoms with Crippen LogP contribution in [0.5, 0.6) is 0 Å². The quantitative estimate of drug-likeness (QED) is 0.167. The number of benzene rings is 4. The summed E-state index contributed by atoms with van der Waals surface area (Å²) in [4.78, 5) is 44.3. The zero-order valence-electron chi connectivity index (χ0n) is 29.9. The van der Waals surface area contributed by atoms with Crippen molar-refractivity contribution in [3.63, 3.8) is 0 Å². The Labute approximate surface area is 312 Å². The molecule has 2 heterocycles. The summed E-state index contributed by atoms with van der Waals surface area (Å²) in [7, 11) is -3.99.